The van der Waals surface area contributed by atoms with Crippen LogP contribution in [0.15, 0.2) is 4.99 Å². The maximum Gasteiger partial charge on any atom is 0.191 e. The van der Waals surface area contributed by atoms with E-state index in [1.807, 2.05) is 0 Å². The van der Waals surface area contributed by atoms with Gasteiger partial charge in [0.2, 0.25) is 0 Å². The predicted octanol–water partition coefficient (Wildman–Crippen LogP) is 2.69. The topological polar surface area (TPSA) is 65.9 Å². The number of nitrogens with one attached hydrogen (secondary N) is 2. The van der Waals surface area contributed by atoms with E-state index in [9.17, 15) is 5.11 Å². The summed E-state index contributed by atoms with van der Waals surface area (Å²) in [6.45, 7) is 9.58. The Hall–Kier alpha value is -0.810. The van der Waals surface area contributed by atoms with Gasteiger partial charge in [0.05, 0.1) is 6.10 Å². The molecule has 0 bridgehead atoms. The lowest BCUT2D eigenvalue weighted by atomic mass is 9.57. The first-order valence-electron chi connectivity index (χ1n) is 10.3. The van der Waals surface area contributed by atoms with Crippen molar-refractivity contribution in [1.82, 2.24) is 10.6 Å². The van der Waals surface area contributed by atoms with Crippen LogP contribution in [0, 0.1) is 16.7 Å². The van der Waals surface area contributed by atoms with Crippen molar-refractivity contribution >= 4 is 5.96 Å². The monoisotopic (exact) mass is 351 g/mol. The van der Waals surface area contributed by atoms with Gasteiger partial charge in [-0.15, -0.1) is 0 Å². The molecule has 0 radical (unpaired) electrons. The third kappa shape index (κ3) is 3.82. The molecule has 1 aliphatic heterocycles. The Labute approximate surface area is 153 Å². The molecule has 3 rings (SSSR count). The van der Waals surface area contributed by atoms with Crippen LogP contribution >= 0.6 is 0 Å². The van der Waals surface area contributed by atoms with Crippen LogP contribution < -0.4 is 10.6 Å². The normalized spacial score (nSPS) is 33.4. The number of guanidine groups is 1. The molecule has 25 heavy (non-hydrogen) atoms. The van der Waals surface area contributed by atoms with Crippen molar-refractivity contribution in [2.45, 2.75) is 77.9 Å². The highest BCUT2D eigenvalue weighted by molar-refractivity contribution is 5.80. The van der Waals surface area contributed by atoms with Gasteiger partial charge in [0, 0.05) is 43.7 Å². The second-order valence-electron chi connectivity index (χ2n) is 8.92. The second kappa shape index (κ2) is 7.83. The minimum atomic E-state index is 0.158. The van der Waals surface area contributed by atoms with Gasteiger partial charge in [-0.1, -0.05) is 33.1 Å². The van der Waals surface area contributed by atoms with Crippen molar-refractivity contribution in [1.29, 1.82) is 0 Å². The van der Waals surface area contributed by atoms with Gasteiger partial charge in [0.25, 0.3) is 0 Å². The Balaban J connectivity index is 1.66. The highest BCUT2D eigenvalue weighted by Crippen LogP contribution is 2.52. The standard InChI is InChI=1S/C20H37N3O2/c1-4-21-18(22-14-20(11-12-24)9-6-5-7-10-20)23-16-15-8-13-25-17(15)19(16,2)3/h15-17,24H,4-14H2,1-3H3,(H2,21,22,23). The van der Waals surface area contributed by atoms with Gasteiger partial charge in [0.15, 0.2) is 5.96 Å². The van der Waals surface area contributed by atoms with E-state index in [-0.39, 0.29) is 17.4 Å². The lowest BCUT2D eigenvalue weighted by molar-refractivity contribution is -0.106. The molecule has 0 spiro atoms. The van der Waals surface area contributed by atoms with Gasteiger partial charge < -0.3 is 20.5 Å². The van der Waals surface area contributed by atoms with E-state index in [1.165, 1.54) is 32.1 Å². The molecule has 1 heterocycles. The molecule has 3 atom stereocenters. The van der Waals surface area contributed by atoms with E-state index in [0.717, 1.165) is 38.5 Å². The number of aliphatic imine (C=N–C) groups is 1. The Bertz CT molecular complexity index is 466. The highest BCUT2D eigenvalue weighted by atomic mass is 16.5. The van der Waals surface area contributed by atoms with Crippen LogP contribution in [0.3, 0.4) is 0 Å². The summed E-state index contributed by atoms with van der Waals surface area (Å²) in [5.74, 6) is 1.55. The summed E-state index contributed by atoms with van der Waals surface area (Å²) in [7, 11) is 0. The molecular formula is C20H37N3O2. The second-order valence-corrected chi connectivity index (χ2v) is 8.92. The minimum Gasteiger partial charge on any atom is -0.396 e. The van der Waals surface area contributed by atoms with Crippen LogP contribution in [0.4, 0.5) is 0 Å². The van der Waals surface area contributed by atoms with Crippen LogP contribution in [-0.4, -0.2) is 49.5 Å². The first-order chi connectivity index (χ1) is 12.0. The van der Waals surface area contributed by atoms with Gasteiger partial charge >= 0.3 is 0 Å². The average molecular weight is 352 g/mol. The molecule has 3 aliphatic rings. The van der Waals surface area contributed by atoms with E-state index in [0.29, 0.717) is 18.1 Å². The smallest absolute Gasteiger partial charge is 0.191 e. The first-order valence-corrected chi connectivity index (χ1v) is 10.3. The van der Waals surface area contributed by atoms with Crippen LogP contribution in [0.1, 0.15) is 65.7 Å². The van der Waals surface area contributed by atoms with Crippen LogP contribution in [-0.2, 0) is 4.74 Å². The third-order valence-electron chi connectivity index (χ3n) is 6.87. The van der Waals surface area contributed by atoms with Gasteiger partial charge in [0.1, 0.15) is 0 Å². The minimum absolute atomic E-state index is 0.158. The Morgan fingerprint density at radius 1 is 1.24 bits per heavy atom. The number of fused-ring (bicyclic) bond motifs is 1. The molecule has 0 aromatic heterocycles. The molecule has 3 unspecified atom stereocenters. The molecule has 0 amide bonds. The molecule has 3 N–H and O–H groups in total. The number of hydrogen-bond donors (Lipinski definition) is 3. The largest absolute Gasteiger partial charge is 0.396 e. The summed E-state index contributed by atoms with van der Waals surface area (Å²) in [4.78, 5) is 4.97. The van der Waals surface area contributed by atoms with E-state index < -0.39 is 0 Å². The number of aliphatic hydroxyl groups is 1. The fraction of sp³-hybridized carbons (Fsp3) is 0.950. The van der Waals surface area contributed by atoms with E-state index in [4.69, 9.17) is 9.73 Å². The van der Waals surface area contributed by atoms with Gasteiger partial charge in [-0.25, -0.2) is 0 Å². The summed E-state index contributed by atoms with van der Waals surface area (Å²) in [5, 5.41) is 16.7. The Kier molecular flexibility index (Phi) is 5.94. The molecule has 0 aromatic rings. The SMILES string of the molecule is CCNC(=NCC1(CCO)CCCCC1)NC1C2CCOC2C1(C)C. The Morgan fingerprint density at radius 2 is 2.00 bits per heavy atom. The fourth-order valence-electron chi connectivity index (χ4n) is 5.36. The fourth-order valence-corrected chi connectivity index (χ4v) is 5.36. The average Bonchev–Trinajstić information content (AvgIpc) is 3.05. The summed E-state index contributed by atoms with van der Waals surface area (Å²) in [5.41, 5.74) is 0.356. The van der Waals surface area contributed by atoms with E-state index in [2.05, 4.69) is 31.4 Å². The van der Waals surface area contributed by atoms with Crippen molar-refractivity contribution in [3.8, 4) is 0 Å². The lowest BCUT2D eigenvalue weighted by Gasteiger charge is -2.55. The number of hydrogen-bond acceptors (Lipinski definition) is 3. The lowest BCUT2D eigenvalue weighted by Crippen LogP contribution is -2.68. The first kappa shape index (κ1) is 19.0. The van der Waals surface area contributed by atoms with Gasteiger partial charge in [-0.2, -0.15) is 0 Å². The molecule has 144 valence electrons. The van der Waals surface area contributed by atoms with Crippen molar-refractivity contribution < 1.29 is 9.84 Å². The zero-order valence-corrected chi connectivity index (χ0v) is 16.3. The highest BCUT2D eigenvalue weighted by Gasteiger charge is 2.59. The van der Waals surface area contributed by atoms with E-state index >= 15 is 0 Å². The molecule has 5 nitrogen and oxygen atoms in total. The molecule has 3 fully saturated rings. The summed E-state index contributed by atoms with van der Waals surface area (Å²) >= 11 is 0. The van der Waals surface area contributed by atoms with Crippen LogP contribution in [0.25, 0.3) is 0 Å². The van der Waals surface area contributed by atoms with Gasteiger partial charge in [-0.3, -0.25) is 4.99 Å². The van der Waals surface area contributed by atoms with Crippen molar-refractivity contribution in [2.24, 2.45) is 21.7 Å². The number of rotatable bonds is 6. The summed E-state index contributed by atoms with van der Waals surface area (Å²) < 4.78 is 5.91. The van der Waals surface area contributed by atoms with Crippen LogP contribution in [0.2, 0.25) is 0 Å². The number of aliphatic hydroxyl groups excluding tert-OH is 1. The maximum atomic E-state index is 9.52. The van der Waals surface area contributed by atoms with Crippen molar-refractivity contribution in [3.63, 3.8) is 0 Å². The molecule has 1 saturated heterocycles. The molecule has 2 aliphatic carbocycles. The van der Waals surface area contributed by atoms with Crippen molar-refractivity contribution in [3.05, 3.63) is 0 Å². The molecule has 2 saturated carbocycles. The predicted molar refractivity (Wildman–Crippen MR) is 102 cm³/mol. The molecular weight excluding hydrogens is 314 g/mol. The summed E-state index contributed by atoms with van der Waals surface area (Å²) in [6.07, 6.45) is 8.70. The maximum absolute atomic E-state index is 9.52. The summed E-state index contributed by atoms with van der Waals surface area (Å²) in [6, 6.07) is 0.429. The van der Waals surface area contributed by atoms with Crippen molar-refractivity contribution in [2.75, 3.05) is 26.3 Å². The quantitative estimate of drug-likeness (QED) is 0.508. The van der Waals surface area contributed by atoms with E-state index in [1.54, 1.807) is 0 Å². The number of ether oxygens (including phenoxy) is 1. The molecule has 0 aromatic carbocycles. The Morgan fingerprint density at radius 3 is 2.68 bits per heavy atom. The third-order valence-corrected chi connectivity index (χ3v) is 6.87. The zero-order chi connectivity index (χ0) is 17.9. The number of nitrogens with zero attached hydrogens (tertiary/aromatic N) is 1. The zero-order valence-electron chi connectivity index (χ0n) is 16.3. The molecule has 5 heteroatoms. The van der Waals surface area contributed by atoms with Crippen LogP contribution in [0.5, 0.6) is 0 Å². The van der Waals surface area contributed by atoms with Gasteiger partial charge in [-0.05, 0) is 38.0 Å².